The van der Waals surface area contributed by atoms with Gasteiger partial charge < -0.3 is 15.2 Å². The first kappa shape index (κ1) is 9.52. The van der Waals surface area contributed by atoms with E-state index in [0.717, 1.165) is 18.2 Å². The normalized spacial score (nSPS) is 15.9. The SMILES string of the molecule is Cc1cn(C2CC2)c(N(C)CCN)n1. The van der Waals surface area contributed by atoms with Crippen LogP contribution in [0.15, 0.2) is 6.20 Å². The standard InChI is InChI=1S/C10H18N4/c1-8-7-14(9-3-4-9)10(12-8)13(2)6-5-11/h7,9H,3-6,11H2,1-2H3. The molecule has 1 aliphatic carbocycles. The van der Waals surface area contributed by atoms with Crippen LogP contribution in [-0.4, -0.2) is 29.7 Å². The second-order valence-corrected chi connectivity index (χ2v) is 4.03. The Labute approximate surface area is 84.7 Å². The maximum atomic E-state index is 5.54. The Morgan fingerprint density at radius 2 is 2.36 bits per heavy atom. The number of nitrogens with two attached hydrogens (primary N) is 1. The molecule has 0 bridgehead atoms. The summed E-state index contributed by atoms with van der Waals surface area (Å²) in [6, 6.07) is 0.687. The zero-order chi connectivity index (χ0) is 10.1. The molecule has 0 amide bonds. The van der Waals surface area contributed by atoms with Crippen molar-refractivity contribution < 1.29 is 0 Å². The van der Waals surface area contributed by atoms with Gasteiger partial charge in [0.2, 0.25) is 5.95 Å². The van der Waals surface area contributed by atoms with Crippen molar-refractivity contribution in [2.75, 3.05) is 25.0 Å². The number of aryl methyl sites for hydroxylation is 1. The molecule has 78 valence electrons. The lowest BCUT2D eigenvalue weighted by atomic mass is 10.5. The van der Waals surface area contributed by atoms with E-state index in [1.54, 1.807) is 0 Å². The van der Waals surface area contributed by atoms with E-state index in [4.69, 9.17) is 5.73 Å². The number of hydrogen-bond acceptors (Lipinski definition) is 3. The van der Waals surface area contributed by atoms with Gasteiger partial charge in [0.05, 0.1) is 5.69 Å². The summed E-state index contributed by atoms with van der Waals surface area (Å²) in [5.74, 6) is 1.07. The second kappa shape index (κ2) is 3.61. The molecule has 0 atom stereocenters. The van der Waals surface area contributed by atoms with Gasteiger partial charge >= 0.3 is 0 Å². The van der Waals surface area contributed by atoms with Crippen molar-refractivity contribution in [1.82, 2.24) is 9.55 Å². The average Bonchev–Trinajstić information content (AvgIpc) is 2.90. The molecule has 14 heavy (non-hydrogen) atoms. The van der Waals surface area contributed by atoms with Gasteiger partial charge in [-0.15, -0.1) is 0 Å². The van der Waals surface area contributed by atoms with Gasteiger partial charge in [-0.25, -0.2) is 4.98 Å². The van der Waals surface area contributed by atoms with Crippen molar-refractivity contribution >= 4 is 5.95 Å². The Kier molecular flexibility index (Phi) is 2.46. The number of nitrogens with zero attached hydrogens (tertiary/aromatic N) is 3. The van der Waals surface area contributed by atoms with Crippen LogP contribution in [0.4, 0.5) is 5.95 Å². The third-order valence-electron chi connectivity index (χ3n) is 2.58. The van der Waals surface area contributed by atoms with Gasteiger partial charge in [-0.1, -0.05) is 0 Å². The molecule has 1 aromatic heterocycles. The van der Waals surface area contributed by atoms with E-state index in [1.807, 2.05) is 14.0 Å². The molecule has 2 rings (SSSR count). The quantitative estimate of drug-likeness (QED) is 0.775. The molecule has 0 unspecified atom stereocenters. The summed E-state index contributed by atoms with van der Waals surface area (Å²) in [5, 5.41) is 0. The van der Waals surface area contributed by atoms with E-state index in [2.05, 4.69) is 20.6 Å². The fourth-order valence-electron chi connectivity index (χ4n) is 1.70. The number of likely N-dealkylation sites (N-methyl/N-ethyl adjacent to an activating group) is 1. The lowest BCUT2D eigenvalue weighted by Gasteiger charge is -2.18. The Hall–Kier alpha value is -1.03. The summed E-state index contributed by atoms with van der Waals surface area (Å²) in [6.07, 6.45) is 4.72. The van der Waals surface area contributed by atoms with Crippen LogP contribution in [0.1, 0.15) is 24.6 Å². The Balaban J connectivity index is 2.21. The molecule has 1 saturated carbocycles. The fourth-order valence-corrected chi connectivity index (χ4v) is 1.70. The average molecular weight is 194 g/mol. The molecule has 0 aromatic carbocycles. The fraction of sp³-hybridized carbons (Fsp3) is 0.700. The monoisotopic (exact) mass is 194 g/mol. The highest BCUT2D eigenvalue weighted by atomic mass is 15.3. The van der Waals surface area contributed by atoms with Crippen molar-refractivity contribution in [1.29, 1.82) is 0 Å². The molecule has 1 fully saturated rings. The molecular formula is C10H18N4. The molecule has 4 nitrogen and oxygen atoms in total. The molecular weight excluding hydrogens is 176 g/mol. The van der Waals surface area contributed by atoms with E-state index in [1.165, 1.54) is 12.8 Å². The predicted molar refractivity (Wildman–Crippen MR) is 57.6 cm³/mol. The third kappa shape index (κ3) is 1.75. The molecule has 0 radical (unpaired) electrons. The second-order valence-electron chi connectivity index (χ2n) is 4.03. The number of aromatic nitrogens is 2. The maximum Gasteiger partial charge on any atom is 0.205 e. The van der Waals surface area contributed by atoms with Crippen LogP contribution in [0.25, 0.3) is 0 Å². The molecule has 1 aliphatic rings. The van der Waals surface area contributed by atoms with Crippen LogP contribution in [0, 0.1) is 6.92 Å². The van der Waals surface area contributed by atoms with E-state index < -0.39 is 0 Å². The molecule has 1 heterocycles. The van der Waals surface area contributed by atoms with Crippen LogP contribution in [0.2, 0.25) is 0 Å². The zero-order valence-corrected chi connectivity index (χ0v) is 8.90. The summed E-state index contributed by atoms with van der Waals surface area (Å²) in [4.78, 5) is 6.65. The maximum absolute atomic E-state index is 5.54. The number of anilines is 1. The van der Waals surface area contributed by atoms with Gasteiger partial charge in [-0.05, 0) is 19.8 Å². The summed E-state index contributed by atoms with van der Waals surface area (Å²) in [7, 11) is 2.05. The topological polar surface area (TPSA) is 47.1 Å². The van der Waals surface area contributed by atoms with Crippen LogP contribution in [-0.2, 0) is 0 Å². The first-order chi connectivity index (χ1) is 6.72. The van der Waals surface area contributed by atoms with Crippen molar-refractivity contribution in [3.63, 3.8) is 0 Å². The van der Waals surface area contributed by atoms with Gasteiger partial charge in [-0.3, -0.25) is 0 Å². The van der Waals surface area contributed by atoms with Gasteiger partial charge in [0, 0.05) is 32.4 Å². The van der Waals surface area contributed by atoms with E-state index >= 15 is 0 Å². The summed E-state index contributed by atoms with van der Waals surface area (Å²) < 4.78 is 2.28. The third-order valence-corrected chi connectivity index (χ3v) is 2.58. The highest BCUT2D eigenvalue weighted by molar-refractivity contribution is 5.33. The minimum absolute atomic E-state index is 0.674. The van der Waals surface area contributed by atoms with Gasteiger partial charge in [0.1, 0.15) is 0 Å². The van der Waals surface area contributed by atoms with Gasteiger partial charge in [0.15, 0.2) is 0 Å². The largest absolute Gasteiger partial charge is 0.344 e. The first-order valence-corrected chi connectivity index (χ1v) is 5.19. The van der Waals surface area contributed by atoms with Crippen molar-refractivity contribution in [3.05, 3.63) is 11.9 Å². The van der Waals surface area contributed by atoms with Gasteiger partial charge in [-0.2, -0.15) is 0 Å². The van der Waals surface area contributed by atoms with Crippen LogP contribution >= 0.6 is 0 Å². The molecule has 2 N–H and O–H groups in total. The molecule has 4 heteroatoms. The molecule has 0 saturated heterocycles. The minimum Gasteiger partial charge on any atom is -0.344 e. The van der Waals surface area contributed by atoms with Crippen molar-refractivity contribution in [2.45, 2.75) is 25.8 Å². The first-order valence-electron chi connectivity index (χ1n) is 5.19. The smallest absolute Gasteiger partial charge is 0.205 e. The Morgan fingerprint density at radius 3 is 2.93 bits per heavy atom. The molecule has 0 aliphatic heterocycles. The number of rotatable bonds is 4. The van der Waals surface area contributed by atoms with Crippen LogP contribution in [0.3, 0.4) is 0 Å². The van der Waals surface area contributed by atoms with Crippen LogP contribution in [0.5, 0.6) is 0 Å². The predicted octanol–water partition coefficient (Wildman–Crippen LogP) is 0.921. The van der Waals surface area contributed by atoms with E-state index in [9.17, 15) is 0 Å². The summed E-state index contributed by atoms with van der Waals surface area (Å²) in [5.41, 5.74) is 6.63. The molecule has 0 spiro atoms. The lowest BCUT2D eigenvalue weighted by Crippen LogP contribution is -2.27. The Morgan fingerprint density at radius 1 is 1.64 bits per heavy atom. The van der Waals surface area contributed by atoms with Crippen molar-refractivity contribution in [3.8, 4) is 0 Å². The lowest BCUT2D eigenvalue weighted by molar-refractivity contribution is 0.709. The van der Waals surface area contributed by atoms with Gasteiger partial charge in [0.25, 0.3) is 0 Å². The summed E-state index contributed by atoms with van der Waals surface area (Å²) >= 11 is 0. The zero-order valence-electron chi connectivity index (χ0n) is 8.90. The number of hydrogen-bond donors (Lipinski definition) is 1. The van der Waals surface area contributed by atoms with E-state index in [-0.39, 0.29) is 0 Å². The Bertz CT molecular complexity index is 314. The minimum atomic E-state index is 0.674. The van der Waals surface area contributed by atoms with E-state index in [0.29, 0.717) is 12.6 Å². The summed E-state index contributed by atoms with van der Waals surface area (Å²) in [6.45, 7) is 3.58. The highest BCUT2D eigenvalue weighted by Crippen LogP contribution is 2.37. The van der Waals surface area contributed by atoms with Crippen molar-refractivity contribution in [2.24, 2.45) is 5.73 Å². The highest BCUT2D eigenvalue weighted by Gasteiger charge is 2.27. The molecule has 1 aromatic rings. The van der Waals surface area contributed by atoms with Crippen LogP contribution < -0.4 is 10.6 Å². The number of imidazole rings is 1.